The van der Waals surface area contributed by atoms with Crippen LogP contribution in [0.4, 0.5) is 0 Å². The van der Waals surface area contributed by atoms with Gasteiger partial charge in [-0.15, -0.1) is 0 Å². The SMILES string of the molecule is Cc1cc(Cl)ccc1-n1nc(C(=O)NC2CC(C)(C)N(O)C(C)(C)C2)c(C)c1-c1ccc(Cl)cc1. The van der Waals surface area contributed by atoms with E-state index >= 15 is 0 Å². The quantitative estimate of drug-likeness (QED) is 0.411. The van der Waals surface area contributed by atoms with E-state index < -0.39 is 11.1 Å². The van der Waals surface area contributed by atoms with E-state index in [4.69, 9.17) is 28.3 Å². The summed E-state index contributed by atoms with van der Waals surface area (Å²) in [5.41, 5.74) is 3.72. The molecule has 1 aromatic heterocycles. The van der Waals surface area contributed by atoms with Gasteiger partial charge in [0, 0.05) is 38.3 Å². The fourth-order valence-electron chi connectivity index (χ4n) is 5.32. The topological polar surface area (TPSA) is 70.4 Å². The molecule has 2 N–H and O–H groups in total. The van der Waals surface area contributed by atoms with E-state index in [1.54, 1.807) is 0 Å². The molecule has 0 bridgehead atoms. The van der Waals surface area contributed by atoms with Crippen molar-refractivity contribution in [2.75, 3.05) is 0 Å². The summed E-state index contributed by atoms with van der Waals surface area (Å²) >= 11 is 12.3. The van der Waals surface area contributed by atoms with E-state index in [2.05, 4.69) is 5.32 Å². The van der Waals surface area contributed by atoms with Gasteiger partial charge in [0.25, 0.3) is 5.91 Å². The first-order valence-corrected chi connectivity index (χ1v) is 12.5. The van der Waals surface area contributed by atoms with Gasteiger partial charge >= 0.3 is 0 Å². The number of benzene rings is 2. The fraction of sp³-hybridized carbons (Fsp3) is 0.407. The Hall–Kier alpha value is -2.38. The largest absolute Gasteiger partial charge is 0.348 e. The molecule has 0 saturated carbocycles. The molecule has 0 aliphatic carbocycles. The zero-order chi connectivity index (χ0) is 25.7. The number of halogens is 2. The zero-order valence-electron chi connectivity index (χ0n) is 21.0. The number of hydrogen-bond donors (Lipinski definition) is 2. The van der Waals surface area contributed by atoms with Crippen LogP contribution in [0.2, 0.25) is 10.0 Å². The molecule has 1 aliphatic heterocycles. The van der Waals surface area contributed by atoms with Crippen LogP contribution in [0.25, 0.3) is 16.9 Å². The molecule has 35 heavy (non-hydrogen) atoms. The highest BCUT2D eigenvalue weighted by atomic mass is 35.5. The maximum atomic E-state index is 13.6. The molecule has 0 atom stereocenters. The molecule has 6 nitrogen and oxygen atoms in total. The van der Waals surface area contributed by atoms with E-state index in [9.17, 15) is 10.0 Å². The standard InChI is InChI=1S/C27H32Cl2N4O2/c1-16-13-20(29)11-12-22(16)32-24(18-7-9-19(28)10-8-18)17(2)23(31-32)25(34)30-21-14-26(3,4)33(35)27(5,6)15-21/h7-13,21,35H,14-15H2,1-6H3,(H,30,34). The van der Waals surface area contributed by atoms with E-state index in [0.29, 0.717) is 28.6 Å². The van der Waals surface area contributed by atoms with Crippen LogP contribution in [-0.4, -0.2) is 43.1 Å². The lowest BCUT2D eigenvalue weighted by atomic mass is 9.79. The van der Waals surface area contributed by atoms with Crippen molar-refractivity contribution in [3.8, 4) is 16.9 Å². The van der Waals surface area contributed by atoms with Crippen LogP contribution in [0.5, 0.6) is 0 Å². The molecule has 4 rings (SSSR count). The Morgan fingerprint density at radius 2 is 1.57 bits per heavy atom. The molecule has 186 valence electrons. The maximum absolute atomic E-state index is 13.6. The van der Waals surface area contributed by atoms with Crippen molar-refractivity contribution in [3.05, 3.63) is 69.3 Å². The van der Waals surface area contributed by atoms with Crippen LogP contribution >= 0.6 is 23.2 Å². The predicted molar refractivity (Wildman–Crippen MR) is 141 cm³/mol. The lowest BCUT2D eigenvalue weighted by molar-refractivity contribution is -0.245. The average Bonchev–Trinajstić information content (AvgIpc) is 3.09. The first-order valence-electron chi connectivity index (χ1n) is 11.7. The lowest BCUT2D eigenvalue weighted by Gasteiger charge is -2.51. The van der Waals surface area contributed by atoms with Gasteiger partial charge in [-0.05, 0) is 90.3 Å². The van der Waals surface area contributed by atoms with Gasteiger partial charge in [0.1, 0.15) is 0 Å². The van der Waals surface area contributed by atoms with Crippen molar-refractivity contribution in [3.63, 3.8) is 0 Å². The molecule has 1 aliphatic rings. The molecule has 0 unspecified atom stereocenters. The fourth-order valence-corrected chi connectivity index (χ4v) is 5.67. The number of rotatable bonds is 4. The highest BCUT2D eigenvalue weighted by molar-refractivity contribution is 6.31. The summed E-state index contributed by atoms with van der Waals surface area (Å²) in [5.74, 6) is -0.230. The second-order valence-corrected chi connectivity index (χ2v) is 11.6. The highest BCUT2D eigenvalue weighted by Gasteiger charge is 2.45. The van der Waals surface area contributed by atoms with Crippen molar-refractivity contribution >= 4 is 29.1 Å². The summed E-state index contributed by atoms with van der Waals surface area (Å²) in [7, 11) is 0. The summed E-state index contributed by atoms with van der Waals surface area (Å²) in [6, 6.07) is 13.0. The molecule has 0 spiro atoms. The Balaban J connectivity index is 1.76. The van der Waals surface area contributed by atoms with E-state index in [0.717, 1.165) is 28.1 Å². The number of hydrogen-bond acceptors (Lipinski definition) is 4. The number of hydroxylamine groups is 2. The molecule has 0 radical (unpaired) electrons. The van der Waals surface area contributed by atoms with Crippen LogP contribution in [0, 0.1) is 13.8 Å². The number of carbonyl (C=O) groups is 1. The highest BCUT2D eigenvalue weighted by Crippen LogP contribution is 2.37. The van der Waals surface area contributed by atoms with Gasteiger partial charge < -0.3 is 10.5 Å². The number of aryl methyl sites for hydroxylation is 1. The smallest absolute Gasteiger partial charge is 0.272 e. The average molecular weight is 515 g/mol. The maximum Gasteiger partial charge on any atom is 0.272 e. The number of aromatic nitrogens is 2. The zero-order valence-corrected chi connectivity index (χ0v) is 22.5. The summed E-state index contributed by atoms with van der Waals surface area (Å²) in [6.07, 6.45) is 1.25. The van der Waals surface area contributed by atoms with Gasteiger partial charge in [0.05, 0.1) is 11.4 Å². The molecule has 1 saturated heterocycles. The third kappa shape index (κ3) is 4.98. The van der Waals surface area contributed by atoms with Gasteiger partial charge in [0.15, 0.2) is 5.69 Å². The van der Waals surface area contributed by atoms with Gasteiger partial charge in [0.2, 0.25) is 0 Å². The van der Waals surface area contributed by atoms with Gasteiger partial charge in [-0.3, -0.25) is 4.79 Å². The molecular formula is C27H32Cl2N4O2. The lowest BCUT2D eigenvalue weighted by Crippen LogP contribution is -2.63. The van der Waals surface area contributed by atoms with E-state index in [1.807, 2.05) is 88.7 Å². The molecule has 8 heteroatoms. The van der Waals surface area contributed by atoms with Crippen LogP contribution in [0.1, 0.15) is 62.2 Å². The molecule has 2 heterocycles. The van der Waals surface area contributed by atoms with Crippen molar-refractivity contribution < 1.29 is 10.0 Å². The molecule has 3 aromatic rings. The van der Waals surface area contributed by atoms with Crippen molar-refractivity contribution in [2.45, 2.75) is 71.5 Å². The minimum Gasteiger partial charge on any atom is -0.348 e. The number of nitrogens with zero attached hydrogens (tertiary/aromatic N) is 3. The van der Waals surface area contributed by atoms with Gasteiger partial charge in [-0.25, -0.2) is 4.68 Å². The Morgan fingerprint density at radius 3 is 2.14 bits per heavy atom. The number of nitrogens with one attached hydrogen (secondary N) is 1. The molecule has 1 fully saturated rings. The first kappa shape index (κ1) is 25.7. The minimum absolute atomic E-state index is 0.100. The minimum atomic E-state index is -0.469. The molecule has 1 amide bonds. The molecule has 2 aromatic carbocycles. The first-order chi connectivity index (χ1) is 16.3. The summed E-state index contributed by atoms with van der Waals surface area (Å²) in [4.78, 5) is 13.6. The second-order valence-electron chi connectivity index (χ2n) is 10.7. The van der Waals surface area contributed by atoms with Gasteiger partial charge in [-0.2, -0.15) is 10.2 Å². The predicted octanol–water partition coefficient (Wildman–Crippen LogP) is 6.60. The van der Waals surface area contributed by atoms with Crippen LogP contribution < -0.4 is 5.32 Å². The van der Waals surface area contributed by atoms with Crippen LogP contribution in [0.15, 0.2) is 42.5 Å². The Labute approximate surface area is 216 Å². The Morgan fingerprint density at radius 1 is 1.00 bits per heavy atom. The summed E-state index contributed by atoms with van der Waals surface area (Å²) in [5, 5.41) is 21.3. The molecular weight excluding hydrogens is 483 g/mol. The van der Waals surface area contributed by atoms with Crippen molar-refractivity contribution in [2.24, 2.45) is 0 Å². The summed E-state index contributed by atoms with van der Waals surface area (Å²) < 4.78 is 1.81. The number of piperidine rings is 1. The number of amides is 1. The Bertz CT molecular complexity index is 1250. The van der Waals surface area contributed by atoms with E-state index in [-0.39, 0.29) is 11.9 Å². The van der Waals surface area contributed by atoms with Crippen molar-refractivity contribution in [1.29, 1.82) is 0 Å². The van der Waals surface area contributed by atoms with Crippen molar-refractivity contribution in [1.82, 2.24) is 20.2 Å². The van der Waals surface area contributed by atoms with Crippen LogP contribution in [0.3, 0.4) is 0 Å². The third-order valence-electron chi connectivity index (χ3n) is 6.82. The van der Waals surface area contributed by atoms with Crippen LogP contribution in [-0.2, 0) is 0 Å². The summed E-state index contributed by atoms with van der Waals surface area (Å²) in [6.45, 7) is 11.8. The third-order valence-corrected chi connectivity index (χ3v) is 7.30. The second kappa shape index (κ2) is 9.25. The van der Waals surface area contributed by atoms with Gasteiger partial charge in [-0.1, -0.05) is 35.3 Å². The monoisotopic (exact) mass is 514 g/mol. The number of carbonyl (C=O) groups excluding carboxylic acids is 1. The Kier molecular flexibility index (Phi) is 6.79. The van der Waals surface area contributed by atoms with E-state index in [1.165, 1.54) is 5.06 Å². The normalized spacial score (nSPS) is 18.0.